The van der Waals surface area contributed by atoms with Crippen LogP contribution in [0, 0.1) is 5.92 Å². The quantitative estimate of drug-likeness (QED) is 0.782. The Bertz CT molecular complexity index is 534. The number of piperidine rings is 1. The molecule has 2 heterocycles. The van der Waals surface area contributed by atoms with Crippen molar-refractivity contribution in [2.75, 3.05) is 26.7 Å². The molecular weight excluding hydrogens is 322 g/mol. The van der Waals surface area contributed by atoms with Gasteiger partial charge < -0.3 is 19.9 Å². The number of rotatable bonds is 7. The van der Waals surface area contributed by atoms with Crippen molar-refractivity contribution < 1.29 is 9.26 Å². The van der Waals surface area contributed by atoms with Crippen molar-refractivity contribution in [3.8, 4) is 5.88 Å². The first-order valence-electron chi connectivity index (χ1n) is 9.14. The van der Waals surface area contributed by atoms with Gasteiger partial charge in [-0.05, 0) is 49.8 Å². The van der Waals surface area contributed by atoms with Gasteiger partial charge in [-0.1, -0.05) is 25.8 Å². The van der Waals surface area contributed by atoms with E-state index < -0.39 is 0 Å². The van der Waals surface area contributed by atoms with Gasteiger partial charge in [-0.2, -0.15) is 0 Å². The molecule has 0 amide bonds. The zero-order valence-corrected chi connectivity index (χ0v) is 15.4. The Labute approximate surface area is 149 Å². The molecule has 0 atom stereocenters. The Kier molecular flexibility index (Phi) is 6.49. The minimum absolute atomic E-state index is 0.603. The minimum Gasteiger partial charge on any atom is -0.474 e. The lowest BCUT2D eigenvalue weighted by Crippen LogP contribution is -2.30. The van der Waals surface area contributed by atoms with Crippen molar-refractivity contribution in [3.63, 3.8) is 0 Å². The SMILES string of the molecule is C=C(NC)c1onc(OCC2CCNCC2)c1SC1CCCCC1. The van der Waals surface area contributed by atoms with Gasteiger partial charge in [0.05, 0.1) is 12.3 Å². The maximum atomic E-state index is 6.07. The number of ether oxygens (including phenoxy) is 1. The van der Waals surface area contributed by atoms with Crippen LogP contribution in [0.4, 0.5) is 0 Å². The van der Waals surface area contributed by atoms with E-state index in [9.17, 15) is 0 Å². The summed E-state index contributed by atoms with van der Waals surface area (Å²) < 4.78 is 11.6. The maximum Gasteiger partial charge on any atom is 0.268 e. The summed E-state index contributed by atoms with van der Waals surface area (Å²) in [7, 11) is 1.86. The fourth-order valence-corrected chi connectivity index (χ4v) is 4.73. The minimum atomic E-state index is 0.603. The molecule has 0 aromatic carbocycles. The second-order valence-corrected chi connectivity index (χ2v) is 8.07. The van der Waals surface area contributed by atoms with Gasteiger partial charge in [0.25, 0.3) is 5.88 Å². The van der Waals surface area contributed by atoms with Crippen LogP contribution in [0.1, 0.15) is 50.7 Å². The van der Waals surface area contributed by atoms with Crippen LogP contribution in [-0.4, -0.2) is 37.2 Å². The van der Waals surface area contributed by atoms with E-state index in [2.05, 4.69) is 22.4 Å². The van der Waals surface area contributed by atoms with E-state index in [1.54, 1.807) is 0 Å². The van der Waals surface area contributed by atoms with Crippen LogP contribution < -0.4 is 15.4 Å². The monoisotopic (exact) mass is 351 g/mol. The number of hydrogen-bond donors (Lipinski definition) is 2. The summed E-state index contributed by atoms with van der Waals surface area (Å²) in [6, 6.07) is 0. The fraction of sp³-hybridized carbons (Fsp3) is 0.722. The van der Waals surface area contributed by atoms with E-state index in [4.69, 9.17) is 9.26 Å². The summed E-state index contributed by atoms with van der Waals surface area (Å²) in [5.74, 6) is 1.98. The lowest BCUT2D eigenvalue weighted by atomic mass is 9.99. The average molecular weight is 352 g/mol. The standard InChI is InChI=1S/C18H29N3O2S/c1-13(19-2)16-17(24-15-6-4-3-5-7-15)18(21-23-16)22-12-14-8-10-20-11-9-14/h14-15,19-20H,1,3-12H2,2H3. The number of nitrogens with one attached hydrogen (secondary N) is 2. The van der Waals surface area contributed by atoms with E-state index in [1.807, 2.05) is 18.8 Å². The van der Waals surface area contributed by atoms with Crippen LogP contribution in [-0.2, 0) is 0 Å². The number of hydrogen-bond acceptors (Lipinski definition) is 6. The van der Waals surface area contributed by atoms with E-state index >= 15 is 0 Å². The van der Waals surface area contributed by atoms with Crippen LogP contribution in [0.5, 0.6) is 5.88 Å². The molecule has 6 heteroatoms. The van der Waals surface area contributed by atoms with Gasteiger partial charge in [0, 0.05) is 12.3 Å². The fourth-order valence-electron chi connectivity index (χ4n) is 3.36. The van der Waals surface area contributed by atoms with Crippen LogP contribution in [0.2, 0.25) is 0 Å². The summed E-state index contributed by atoms with van der Waals surface area (Å²) in [5, 5.41) is 11.3. The van der Waals surface area contributed by atoms with Gasteiger partial charge in [-0.15, -0.1) is 11.8 Å². The highest BCUT2D eigenvalue weighted by molar-refractivity contribution is 8.00. The predicted molar refractivity (Wildman–Crippen MR) is 98.4 cm³/mol. The lowest BCUT2D eigenvalue weighted by molar-refractivity contribution is 0.197. The van der Waals surface area contributed by atoms with Crippen molar-refractivity contribution >= 4 is 17.5 Å². The van der Waals surface area contributed by atoms with Gasteiger partial charge in [0.2, 0.25) is 0 Å². The van der Waals surface area contributed by atoms with Crippen LogP contribution in [0.25, 0.3) is 5.70 Å². The normalized spacial score (nSPS) is 20.0. The molecule has 1 saturated heterocycles. The zero-order valence-electron chi connectivity index (χ0n) is 14.6. The van der Waals surface area contributed by atoms with Gasteiger partial charge in [0.1, 0.15) is 4.90 Å². The summed E-state index contributed by atoms with van der Waals surface area (Å²) in [4.78, 5) is 1.02. The first kappa shape index (κ1) is 17.7. The van der Waals surface area contributed by atoms with Crippen LogP contribution >= 0.6 is 11.8 Å². The topological polar surface area (TPSA) is 59.3 Å². The van der Waals surface area contributed by atoms with Gasteiger partial charge in [-0.3, -0.25) is 0 Å². The highest BCUT2D eigenvalue weighted by Crippen LogP contribution is 2.41. The van der Waals surface area contributed by atoms with E-state index in [-0.39, 0.29) is 0 Å². The maximum absolute atomic E-state index is 6.07. The first-order chi connectivity index (χ1) is 11.8. The first-order valence-corrected chi connectivity index (χ1v) is 10.0. The van der Waals surface area contributed by atoms with Gasteiger partial charge in [-0.25, -0.2) is 0 Å². The molecule has 0 bridgehead atoms. The van der Waals surface area contributed by atoms with Crippen LogP contribution in [0.3, 0.4) is 0 Å². The Morgan fingerprint density at radius 2 is 2.04 bits per heavy atom. The summed E-state index contributed by atoms with van der Waals surface area (Å²) >= 11 is 1.86. The number of thioether (sulfide) groups is 1. The molecule has 2 aliphatic rings. The Hall–Kier alpha value is -1.14. The summed E-state index contributed by atoms with van der Waals surface area (Å²) in [5.41, 5.74) is 0.762. The highest BCUT2D eigenvalue weighted by Gasteiger charge is 2.25. The molecule has 1 saturated carbocycles. The molecule has 1 aliphatic carbocycles. The average Bonchev–Trinajstić information content (AvgIpc) is 3.03. The summed E-state index contributed by atoms with van der Waals surface area (Å²) in [6.45, 7) is 6.92. The van der Waals surface area contributed by atoms with Crippen molar-refractivity contribution in [2.45, 2.75) is 55.1 Å². The molecule has 134 valence electrons. The van der Waals surface area contributed by atoms with E-state index in [0.717, 1.165) is 36.0 Å². The molecule has 0 spiro atoms. The molecule has 24 heavy (non-hydrogen) atoms. The zero-order chi connectivity index (χ0) is 16.8. The predicted octanol–water partition coefficient (Wildman–Crippen LogP) is 3.67. The Morgan fingerprint density at radius 1 is 1.29 bits per heavy atom. The third-order valence-electron chi connectivity index (χ3n) is 4.95. The third-order valence-corrected chi connectivity index (χ3v) is 6.35. The van der Waals surface area contributed by atoms with Crippen molar-refractivity contribution in [3.05, 3.63) is 12.3 Å². The lowest BCUT2D eigenvalue weighted by Gasteiger charge is -2.23. The van der Waals surface area contributed by atoms with Crippen molar-refractivity contribution in [1.82, 2.24) is 15.8 Å². The molecular formula is C18H29N3O2S. The smallest absolute Gasteiger partial charge is 0.268 e. The number of aromatic nitrogens is 1. The molecule has 2 fully saturated rings. The molecule has 3 rings (SSSR count). The molecule has 5 nitrogen and oxygen atoms in total. The summed E-state index contributed by atoms with van der Waals surface area (Å²) in [6.07, 6.45) is 8.84. The molecule has 1 aromatic heterocycles. The Morgan fingerprint density at radius 3 is 2.75 bits per heavy atom. The van der Waals surface area contributed by atoms with E-state index in [1.165, 1.54) is 44.9 Å². The van der Waals surface area contributed by atoms with Crippen molar-refractivity contribution in [1.29, 1.82) is 0 Å². The second kappa shape index (κ2) is 8.81. The largest absolute Gasteiger partial charge is 0.474 e. The third kappa shape index (κ3) is 4.48. The molecule has 2 N–H and O–H groups in total. The van der Waals surface area contributed by atoms with E-state index in [0.29, 0.717) is 17.0 Å². The molecule has 1 aromatic rings. The van der Waals surface area contributed by atoms with Gasteiger partial charge in [0.15, 0.2) is 5.76 Å². The van der Waals surface area contributed by atoms with Crippen molar-refractivity contribution in [2.24, 2.45) is 5.92 Å². The molecule has 0 unspecified atom stereocenters. The molecule has 0 radical (unpaired) electrons. The molecule has 1 aliphatic heterocycles. The number of nitrogens with zero attached hydrogens (tertiary/aromatic N) is 1. The van der Waals surface area contributed by atoms with Gasteiger partial charge >= 0.3 is 0 Å². The highest BCUT2D eigenvalue weighted by atomic mass is 32.2. The van der Waals surface area contributed by atoms with Crippen LogP contribution in [0.15, 0.2) is 16.0 Å². The Balaban J connectivity index is 1.69. The second-order valence-electron chi connectivity index (χ2n) is 6.76.